The number of Topliss-reactive ketones (excluding diaryl/α,β-unsaturated/α-hetero) is 1. The molecule has 0 aliphatic carbocycles. The molecular formula is C15H20O2. The molecule has 17 heavy (non-hydrogen) atoms. The summed E-state index contributed by atoms with van der Waals surface area (Å²) in [5, 5.41) is 0. The van der Waals surface area contributed by atoms with E-state index in [-0.39, 0.29) is 5.78 Å². The molecule has 1 aromatic rings. The lowest BCUT2D eigenvalue weighted by Crippen LogP contribution is -2.10. The lowest BCUT2D eigenvalue weighted by molar-refractivity contribution is 0.0858. The van der Waals surface area contributed by atoms with Crippen LogP contribution in [0.15, 0.2) is 18.2 Å². The van der Waals surface area contributed by atoms with Gasteiger partial charge in [-0.05, 0) is 44.2 Å². The van der Waals surface area contributed by atoms with E-state index in [1.165, 1.54) is 0 Å². The lowest BCUT2D eigenvalue weighted by atomic mass is 9.95. The van der Waals surface area contributed by atoms with Crippen LogP contribution < -0.4 is 0 Å². The monoisotopic (exact) mass is 232 g/mol. The summed E-state index contributed by atoms with van der Waals surface area (Å²) < 4.78 is 5.55. The number of aryl methyl sites for hydroxylation is 2. The molecule has 2 rings (SSSR count). The molecule has 2 nitrogen and oxygen atoms in total. The molecule has 1 aromatic carbocycles. The van der Waals surface area contributed by atoms with E-state index in [1.807, 2.05) is 32.0 Å². The normalized spacial score (nSPS) is 19.5. The molecule has 1 aliphatic rings. The molecule has 0 spiro atoms. The Hall–Kier alpha value is -1.15. The summed E-state index contributed by atoms with van der Waals surface area (Å²) in [4.78, 5) is 12.2. The molecule has 1 saturated heterocycles. The molecule has 0 aromatic heterocycles. The predicted molar refractivity (Wildman–Crippen MR) is 68.5 cm³/mol. The van der Waals surface area contributed by atoms with E-state index < -0.39 is 0 Å². The van der Waals surface area contributed by atoms with Gasteiger partial charge in [0.15, 0.2) is 5.78 Å². The molecule has 0 radical (unpaired) electrons. The third kappa shape index (κ3) is 2.95. The summed E-state index contributed by atoms with van der Waals surface area (Å²) in [6.45, 7) is 4.88. The fourth-order valence-electron chi connectivity index (χ4n) is 2.54. The van der Waals surface area contributed by atoms with Crippen LogP contribution in [0.5, 0.6) is 0 Å². The number of ketones is 1. The van der Waals surface area contributed by atoms with Gasteiger partial charge in [-0.1, -0.05) is 18.2 Å². The van der Waals surface area contributed by atoms with E-state index in [0.717, 1.165) is 42.6 Å². The Bertz CT molecular complexity index is 383. The summed E-state index contributed by atoms with van der Waals surface area (Å²) in [5.41, 5.74) is 3.08. The third-order valence-electron chi connectivity index (χ3n) is 3.48. The predicted octanol–water partition coefficient (Wildman–Crippen LogP) is 3.45. The number of carbonyl (C=O) groups excluding carboxylic acids is 1. The molecule has 1 aliphatic heterocycles. The molecule has 1 heterocycles. The topological polar surface area (TPSA) is 26.3 Å². The van der Waals surface area contributed by atoms with Gasteiger partial charge in [0, 0.05) is 18.6 Å². The Balaban J connectivity index is 1.99. The highest BCUT2D eigenvalue weighted by Gasteiger charge is 2.18. The van der Waals surface area contributed by atoms with Gasteiger partial charge in [-0.3, -0.25) is 4.79 Å². The minimum absolute atomic E-state index is 0.260. The number of carbonyl (C=O) groups is 1. The summed E-state index contributed by atoms with van der Waals surface area (Å²) in [5.74, 6) is 0.260. The smallest absolute Gasteiger partial charge is 0.163 e. The van der Waals surface area contributed by atoms with Gasteiger partial charge in [-0.25, -0.2) is 0 Å². The first-order valence-electron chi connectivity index (χ1n) is 6.39. The Morgan fingerprint density at radius 2 is 2.06 bits per heavy atom. The van der Waals surface area contributed by atoms with Crippen molar-refractivity contribution in [2.24, 2.45) is 0 Å². The molecule has 1 atom stereocenters. The van der Waals surface area contributed by atoms with Crippen molar-refractivity contribution in [1.29, 1.82) is 0 Å². The van der Waals surface area contributed by atoms with E-state index in [9.17, 15) is 4.79 Å². The first-order valence-corrected chi connectivity index (χ1v) is 6.39. The number of hydrogen-bond acceptors (Lipinski definition) is 2. The Kier molecular flexibility index (Phi) is 3.95. The minimum Gasteiger partial charge on any atom is -0.378 e. The van der Waals surface area contributed by atoms with E-state index in [4.69, 9.17) is 4.74 Å². The average Bonchev–Trinajstić information content (AvgIpc) is 2.79. The van der Waals surface area contributed by atoms with Gasteiger partial charge in [0.25, 0.3) is 0 Å². The summed E-state index contributed by atoms with van der Waals surface area (Å²) in [7, 11) is 0. The number of rotatable bonds is 4. The first-order chi connectivity index (χ1) is 8.18. The van der Waals surface area contributed by atoms with Crippen LogP contribution in [-0.2, 0) is 4.74 Å². The van der Waals surface area contributed by atoms with Crippen molar-refractivity contribution in [2.45, 2.75) is 45.6 Å². The highest BCUT2D eigenvalue weighted by Crippen LogP contribution is 2.20. The van der Waals surface area contributed by atoms with Crippen LogP contribution in [0.1, 0.15) is 47.2 Å². The fourth-order valence-corrected chi connectivity index (χ4v) is 2.54. The Labute approximate surface area is 103 Å². The van der Waals surface area contributed by atoms with Gasteiger partial charge in [0.2, 0.25) is 0 Å². The zero-order valence-corrected chi connectivity index (χ0v) is 10.7. The molecule has 0 N–H and O–H groups in total. The van der Waals surface area contributed by atoms with Crippen molar-refractivity contribution in [3.8, 4) is 0 Å². The van der Waals surface area contributed by atoms with E-state index in [0.29, 0.717) is 12.5 Å². The standard InChI is InChI=1S/C15H20O2/c1-11-5-3-6-12(2)15(11)14(16)9-8-13-7-4-10-17-13/h3,5-6,13H,4,7-10H2,1-2H3. The van der Waals surface area contributed by atoms with Crippen LogP contribution in [0, 0.1) is 13.8 Å². The van der Waals surface area contributed by atoms with Crippen LogP contribution in [0.2, 0.25) is 0 Å². The number of hydrogen-bond donors (Lipinski definition) is 0. The minimum atomic E-state index is 0.260. The zero-order chi connectivity index (χ0) is 12.3. The van der Waals surface area contributed by atoms with Crippen molar-refractivity contribution in [2.75, 3.05) is 6.61 Å². The van der Waals surface area contributed by atoms with Gasteiger partial charge < -0.3 is 4.74 Å². The molecule has 1 fully saturated rings. The molecule has 0 saturated carbocycles. The SMILES string of the molecule is Cc1cccc(C)c1C(=O)CCC1CCCO1. The van der Waals surface area contributed by atoms with Crippen molar-refractivity contribution in [3.63, 3.8) is 0 Å². The van der Waals surface area contributed by atoms with Crippen molar-refractivity contribution in [1.82, 2.24) is 0 Å². The number of ether oxygens (including phenoxy) is 1. The average molecular weight is 232 g/mol. The van der Waals surface area contributed by atoms with Crippen LogP contribution >= 0.6 is 0 Å². The quantitative estimate of drug-likeness (QED) is 0.743. The third-order valence-corrected chi connectivity index (χ3v) is 3.48. The van der Waals surface area contributed by atoms with Gasteiger partial charge in [0.05, 0.1) is 6.10 Å². The maximum absolute atomic E-state index is 12.2. The van der Waals surface area contributed by atoms with Gasteiger partial charge >= 0.3 is 0 Å². The highest BCUT2D eigenvalue weighted by molar-refractivity contribution is 5.98. The van der Waals surface area contributed by atoms with E-state index in [2.05, 4.69) is 0 Å². The summed E-state index contributed by atoms with van der Waals surface area (Å²) in [6, 6.07) is 6.01. The summed E-state index contributed by atoms with van der Waals surface area (Å²) in [6.07, 6.45) is 4.04. The lowest BCUT2D eigenvalue weighted by Gasteiger charge is -2.11. The van der Waals surface area contributed by atoms with E-state index in [1.54, 1.807) is 0 Å². The van der Waals surface area contributed by atoms with Crippen molar-refractivity contribution >= 4 is 5.78 Å². The van der Waals surface area contributed by atoms with Crippen molar-refractivity contribution in [3.05, 3.63) is 34.9 Å². The van der Waals surface area contributed by atoms with Crippen molar-refractivity contribution < 1.29 is 9.53 Å². The second-order valence-electron chi connectivity index (χ2n) is 4.86. The second kappa shape index (κ2) is 5.46. The van der Waals surface area contributed by atoms with Gasteiger partial charge in [-0.15, -0.1) is 0 Å². The van der Waals surface area contributed by atoms with Crippen LogP contribution in [0.25, 0.3) is 0 Å². The largest absolute Gasteiger partial charge is 0.378 e. The fraction of sp³-hybridized carbons (Fsp3) is 0.533. The maximum Gasteiger partial charge on any atom is 0.163 e. The second-order valence-corrected chi connectivity index (χ2v) is 4.86. The molecular weight excluding hydrogens is 212 g/mol. The maximum atomic E-state index is 12.2. The molecule has 92 valence electrons. The van der Waals surface area contributed by atoms with Crippen LogP contribution in [0.3, 0.4) is 0 Å². The van der Waals surface area contributed by atoms with Gasteiger partial charge in [-0.2, -0.15) is 0 Å². The molecule has 0 amide bonds. The Morgan fingerprint density at radius 3 is 2.65 bits per heavy atom. The summed E-state index contributed by atoms with van der Waals surface area (Å²) >= 11 is 0. The molecule has 0 bridgehead atoms. The van der Waals surface area contributed by atoms with Crippen LogP contribution in [-0.4, -0.2) is 18.5 Å². The molecule has 2 heteroatoms. The van der Waals surface area contributed by atoms with E-state index >= 15 is 0 Å². The Morgan fingerprint density at radius 1 is 1.35 bits per heavy atom. The molecule has 1 unspecified atom stereocenters. The highest BCUT2D eigenvalue weighted by atomic mass is 16.5. The first kappa shape index (κ1) is 12.3. The number of benzene rings is 1. The zero-order valence-electron chi connectivity index (χ0n) is 10.7. The van der Waals surface area contributed by atoms with Gasteiger partial charge in [0.1, 0.15) is 0 Å². The van der Waals surface area contributed by atoms with Crippen LogP contribution in [0.4, 0.5) is 0 Å².